The summed E-state index contributed by atoms with van der Waals surface area (Å²) in [7, 11) is 2.09. The summed E-state index contributed by atoms with van der Waals surface area (Å²) >= 11 is 5.49. The van der Waals surface area contributed by atoms with E-state index in [4.69, 9.17) is 12.2 Å². The van der Waals surface area contributed by atoms with Crippen molar-refractivity contribution in [2.75, 3.05) is 33.2 Å². The Bertz CT molecular complexity index is 631. The van der Waals surface area contributed by atoms with Crippen LogP contribution in [-0.4, -0.2) is 65.3 Å². The fraction of sp³-hybridized carbons (Fsp3) is 0.556. The number of carbonyl (C=O) groups is 1. The number of nitrogens with one attached hydrogen (secondary N) is 1. The molecule has 2 aliphatic rings. The van der Waals surface area contributed by atoms with Gasteiger partial charge in [-0.15, -0.1) is 0 Å². The maximum atomic E-state index is 12.3. The topological polar surface area (TPSA) is 55.8 Å². The molecular weight excluding hydrogens is 322 g/mol. The first kappa shape index (κ1) is 17.3. The Hall–Kier alpha value is -1.50. The van der Waals surface area contributed by atoms with E-state index in [1.807, 2.05) is 23.1 Å². The predicted molar refractivity (Wildman–Crippen MR) is 97.8 cm³/mol. The average Bonchev–Trinajstić information content (AvgIpc) is 2.51. The van der Waals surface area contributed by atoms with Crippen molar-refractivity contribution in [1.29, 1.82) is 0 Å². The van der Waals surface area contributed by atoms with E-state index >= 15 is 0 Å². The monoisotopic (exact) mass is 347 g/mol. The second-order valence-corrected chi connectivity index (χ2v) is 8.25. The molecule has 0 aromatic heterocycles. The van der Waals surface area contributed by atoms with Crippen LogP contribution in [0.25, 0.3) is 0 Å². The van der Waals surface area contributed by atoms with Gasteiger partial charge in [0.05, 0.1) is 6.10 Å². The summed E-state index contributed by atoms with van der Waals surface area (Å²) in [5, 5.41) is 14.1. The summed E-state index contributed by atoms with van der Waals surface area (Å²) in [5.74, 6) is -0.190. The second-order valence-electron chi connectivity index (χ2n) is 7.86. The molecule has 2 heterocycles. The normalized spacial score (nSPS) is 33.2. The maximum absolute atomic E-state index is 12.3. The molecule has 0 saturated carbocycles. The minimum absolute atomic E-state index is 0.190. The number of aliphatic hydroxyl groups excluding tert-OH is 1. The molecule has 2 aliphatic heterocycles. The van der Waals surface area contributed by atoms with Gasteiger partial charge in [-0.3, -0.25) is 10.1 Å². The quantitative estimate of drug-likeness (QED) is 0.751. The zero-order valence-corrected chi connectivity index (χ0v) is 15.3. The predicted octanol–water partition coefficient (Wildman–Crippen LogP) is 1.34. The molecule has 1 aromatic rings. The molecule has 2 atom stereocenters. The first-order chi connectivity index (χ1) is 11.2. The highest BCUT2D eigenvalue weighted by molar-refractivity contribution is 7.80. The Morgan fingerprint density at radius 2 is 1.71 bits per heavy atom. The molecule has 2 saturated heterocycles. The van der Waals surface area contributed by atoms with Gasteiger partial charge >= 0.3 is 0 Å². The number of carbonyl (C=O) groups excluding carboxylic acids is 1. The van der Waals surface area contributed by atoms with Crippen molar-refractivity contribution in [1.82, 2.24) is 15.1 Å². The first-order valence-electron chi connectivity index (χ1n) is 8.25. The van der Waals surface area contributed by atoms with E-state index in [9.17, 15) is 9.90 Å². The molecule has 2 unspecified atom stereocenters. The minimum atomic E-state index is -0.370. The summed E-state index contributed by atoms with van der Waals surface area (Å²) in [6, 6.07) is 9.07. The van der Waals surface area contributed by atoms with Gasteiger partial charge in [0.1, 0.15) is 0 Å². The summed E-state index contributed by atoms with van der Waals surface area (Å²) in [6.07, 6.45) is -0.370. The number of piperidine rings is 2. The van der Waals surface area contributed by atoms with Gasteiger partial charge < -0.3 is 14.9 Å². The fourth-order valence-electron chi connectivity index (χ4n) is 4.49. The van der Waals surface area contributed by atoms with E-state index in [1.54, 1.807) is 12.1 Å². The number of hydrogen-bond donors (Lipinski definition) is 2. The lowest BCUT2D eigenvalue weighted by Crippen LogP contribution is -2.71. The zero-order chi connectivity index (χ0) is 17.5. The molecular formula is C18H25N3O2S. The third-order valence-corrected chi connectivity index (χ3v) is 5.59. The average molecular weight is 347 g/mol. The molecule has 1 amide bonds. The molecule has 5 nitrogen and oxygen atoms in total. The van der Waals surface area contributed by atoms with E-state index in [0.717, 1.165) is 13.1 Å². The summed E-state index contributed by atoms with van der Waals surface area (Å²) in [5.41, 5.74) is 0.0672. The highest BCUT2D eigenvalue weighted by atomic mass is 32.1. The summed E-state index contributed by atoms with van der Waals surface area (Å²) in [4.78, 5) is 16.6. The zero-order valence-electron chi connectivity index (χ0n) is 14.5. The van der Waals surface area contributed by atoms with E-state index in [0.29, 0.717) is 23.8 Å². The van der Waals surface area contributed by atoms with Gasteiger partial charge in [-0.25, -0.2) is 0 Å². The van der Waals surface area contributed by atoms with Crippen LogP contribution in [-0.2, 0) is 0 Å². The van der Waals surface area contributed by atoms with Crippen LogP contribution in [0.15, 0.2) is 30.3 Å². The van der Waals surface area contributed by atoms with Gasteiger partial charge in [-0.05, 0) is 31.4 Å². The van der Waals surface area contributed by atoms with Crippen molar-refractivity contribution in [3.05, 3.63) is 35.9 Å². The van der Waals surface area contributed by atoms with E-state index in [1.165, 1.54) is 0 Å². The van der Waals surface area contributed by atoms with Gasteiger partial charge in [-0.1, -0.05) is 32.0 Å². The number of fused-ring (bicyclic) bond motifs is 2. The van der Waals surface area contributed by atoms with Crippen LogP contribution in [0.4, 0.5) is 0 Å². The molecule has 1 aromatic carbocycles. The summed E-state index contributed by atoms with van der Waals surface area (Å²) in [6.45, 7) is 7.10. The second kappa shape index (κ2) is 6.10. The van der Waals surface area contributed by atoms with Crippen LogP contribution >= 0.6 is 12.2 Å². The number of amides is 1. The molecule has 0 radical (unpaired) electrons. The largest absolute Gasteiger partial charge is 0.392 e. The van der Waals surface area contributed by atoms with Gasteiger partial charge in [0.15, 0.2) is 5.11 Å². The van der Waals surface area contributed by atoms with Crippen molar-refractivity contribution in [3.8, 4) is 0 Å². The van der Waals surface area contributed by atoms with Crippen molar-refractivity contribution >= 4 is 23.2 Å². The van der Waals surface area contributed by atoms with Crippen molar-refractivity contribution in [3.63, 3.8) is 0 Å². The Morgan fingerprint density at radius 1 is 1.17 bits per heavy atom. The van der Waals surface area contributed by atoms with E-state index in [2.05, 4.69) is 31.1 Å². The Morgan fingerprint density at radius 3 is 2.25 bits per heavy atom. The van der Waals surface area contributed by atoms with Gasteiger partial charge in [-0.2, -0.15) is 0 Å². The van der Waals surface area contributed by atoms with Gasteiger partial charge in [0.2, 0.25) is 0 Å². The van der Waals surface area contributed by atoms with Gasteiger partial charge in [0.25, 0.3) is 5.91 Å². The van der Waals surface area contributed by atoms with Crippen molar-refractivity contribution in [2.45, 2.75) is 20.0 Å². The molecule has 6 heteroatoms. The Balaban J connectivity index is 1.74. The third-order valence-electron chi connectivity index (χ3n) is 5.23. The smallest absolute Gasteiger partial charge is 0.257 e. The standard InChI is InChI=1S/C18H25N3O2S/c1-17-9-20(3)10-18(2,15(17)23)12-21(11-17)16(24)19-14(22)13-7-5-4-6-8-13/h4-8,15,23H,9-12H2,1-3H3,(H,19,22,24). The van der Waals surface area contributed by atoms with Crippen molar-refractivity contribution < 1.29 is 9.90 Å². The van der Waals surface area contributed by atoms with Gasteiger partial charge in [0, 0.05) is 42.6 Å². The molecule has 0 aliphatic carbocycles. The Kier molecular flexibility index (Phi) is 4.40. The van der Waals surface area contributed by atoms with Crippen LogP contribution in [0.5, 0.6) is 0 Å². The highest BCUT2D eigenvalue weighted by Gasteiger charge is 2.55. The molecule has 130 valence electrons. The minimum Gasteiger partial charge on any atom is -0.392 e. The molecule has 2 bridgehead atoms. The van der Waals surface area contributed by atoms with Crippen LogP contribution in [0.2, 0.25) is 0 Å². The molecule has 2 fully saturated rings. The molecule has 24 heavy (non-hydrogen) atoms. The Labute approximate surface area is 148 Å². The molecule has 3 rings (SSSR count). The first-order valence-corrected chi connectivity index (χ1v) is 8.66. The lowest BCUT2D eigenvalue weighted by atomic mass is 9.63. The molecule has 0 spiro atoms. The number of hydrogen-bond acceptors (Lipinski definition) is 4. The number of aliphatic hydroxyl groups is 1. The highest BCUT2D eigenvalue weighted by Crippen LogP contribution is 2.45. The van der Waals surface area contributed by atoms with Crippen LogP contribution in [0.1, 0.15) is 24.2 Å². The van der Waals surface area contributed by atoms with E-state index < -0.39 is 0 Å². The van der Waals surface area contributed by atoms with Crippen molar-refractivity contribution in [2.24, 2.45) is 10.8 Å². The lowest BCUT2D eigenvalue weighted by molar-refractivity contribution is -0.157. The third kappa shape index (κ3) is 3.06. The molecule has 2 N–H and O–H groups in total. The van der Waals surface area contributed by atoms with E-state index in [-0.39, 0.29) is 22.8 Å². The number of rotatable bonds is 1. The number of benzene rings is 1. The lowest BCUT2D eigenvalue weighted by Gasteiger charge is -2.59. The number of likely N-dealkylation sites (tertiary alicyclic amines) is 2. The summed E-state index contributed by atoms with van der Waals surface area (Å²) < 4.78 is 0. The van der Waals surface area contributed by atoms with Crippen LogP contribution < -0.4 is 5.32 Å². The van der Waals surface area contributed by atoms with Crippen LogP contribution in [0, 0.1) is 10.8 Å². The maximum Gasteiger partial charge on any atom is 0.257 e. The number of thiocarbonyl (C=S) groups is 1. The fourth-order valence-corrected chi connectivity index (χ4v) is 4.71. The van der Waals surface area contributed by atoms with Crippen LogP contribution in [0.3, 0.4) is 0 Å². The number of nitrogens with zero attached hydrogens (tertiary/aromatic N) is 2. The SMILES string of the molecule is CN1CC2(C)CN(C(=S)NC(=O)c3ccccc3)CC(C)(C1)C2O.